The molecule has 0 spiro atoms. The van der Waals surface area contributed by atoms with Crippen molar-refractivity contribution in [2.75, 3.05) is 11.6 Å². The topological polar surface area (TPSA) is 42.7 Å². The summed E-state index contributed by atoms with van der Waals surface area (Å²) in [6, 6.07) is 21.7. The van der Waals surface area contributed by atoms with Crippen LogP contribution >= 0.6 is 11.6 Å². The van der Waals surface area contributed by atoms with E-state index < -0.39 is 5.63 Å². The van der Waals surface area contributed by atoms with Gasteiger partial charge in [-0.25, -0.2) is 4.79 Å². The summed E-state index contributed by atoms with van der Waals surface area (Å²) >= 11 is 6.62. The average Bonchev–Trinajstić information content (AvgIpc) is 2.83. The number of unbranched alkanes of at least 4 members (excludes halogenated alkanes) is 1. The molecule has 0 aliphatic carbocycles. The second-order valence-corrected chi connectivity index (χ2v) is 8.54. The SMILES string of the molecule is CCCCc1ccc(N2COc3c(Cl)cc4c(-c5ccccc5)cc(=O)oc4c3C2)cc1. The zero-order valence-corrected chi connectivity index (χ0v) is 18.7. The van der Waals surface area contributed by atoms with Crippen LogP contribution in [0.2, 0.25) is 5.02 Å². The van der Waals surface area contributed by atoms with Crippen LogP contribution in [-0.2, 0) is 13.0 Å². The first-order valence-electron chi connectivity index (χ1n) is 11.0. The van der Waals surface area contributed by atoms with Gasteiger partial charge >= 0.3 is 5.63 Å². The molecule has 3 aromatic carbocycles. The lowest BCUT2D eigenvalue weighted by Crippen LogP contribution is -2.32. The molecule has 162 valence electrons. The van der Waals surface area contributed by atoms with Gasteiger partial charge in [0.05, 0.1) is 17.1 Å². The number of hydrogen-bond acceptors (Lipinski definition) is 4. The number of hydrogen-bond donors (Lipinski definition) is 0. The van der Waals surface area contributed by atoms with Crippen molar-refractivity contribution >= 4 is 28.3 Å². The maximum absolute atomic E-state index is 12.5. The highest BCUT2D eigenvalue weighted by atomic mass is 35.5. The first-order valence-corrected chi connectivity index (χ1v) is 11.3. The summed E-state index contributed by atoms with van der Waals surface area (Å²) in [4.78, 5) is 14.6. The Hall–Kier alpha value is -3.24. The van der Waals surface area contributed by atoms with E-state index in [1.165, 1.54) is 24.5 Å². The van der Waals surface area contributed by atoms with E-state index in [9.17, 15) is 4.79 Å². The van der Waals surface area contributed by atoms with Crippen LogP contribution in [0.4, 0.5) is 5.69 Å². The molecule has 32 heavy (non-hydrogen) atoms. The Kier molecular flexibility index (Phi) is 5.62. The van der Waals surface area contributed by atoms with Crippen LogP contribution in [-0.4, -0.2) is 6.73 Å². The molecule has 0 radical (unpaired) electrons. The fourth-order valence-electron chi connectivity index (χ4n) is 4.27. The number of halogens is 1. The van der Waals surface area contributed by atoms with Crippen molar-refractivity contribution in [2.45, 2.75) is 32.7 Å². The molecule has 5 rings (SSSR count). The van der Waals surface area contributed by atoms with Crippen molar-refractivity contribution < 1.29 is 9.15 Å². The molecule has 1 aromatic heterocycles. The predicted octanol–water partition coefficient (Wildman–Crippen LogP) is 6.81. The molecule has 1 aliphatic rings. The Balaban J connectivity index is 1.57. The zero-order valence-electron chi connectivity index (χ0n) is 17.9. The summed E-state index contributed by atoms with van der Waals surface area (Å²) in [5.41, 5.74) is 5.07. The average molecular weight is 446 g/mol. The van der Waals surface area contributed by atoms with Crippen molar-refractivity contribution in [1.82, 2.24) is 0 Å². The zero-order chi connectivity index (χ0) is 22.1. The molecule has 0 N–H and O–H groups in total. The van der Waals surface area contributed by atoms with E-state index in [1.54, 1.807) is 0 Å². The summed E-state index contributed by atoms with van der Waals surface area (Å²) in [7, 11) is 0. The number of rotatable bonds is 5. The second-order valence-electron chi connectivity index (χ2n) is 8.13. The predicted molar refractivity (Wildman–Crippen MR) is 130 cm³/mol. The van der Waals surface area contributed by atoms with Crippen LogP contribution in [0.5, 0.6) is 5.75 Å². The standard InChI is InChI=1S/C27H24ClNO3/c1-2-3-7-18-10-12-20(13-11-18)29-16-23-26-22(14-24(28)27(23)31-17-29)21(15-25(30)32-26)19-8-5-4-6-9-19/h4-6,8-15H,2-3,7,16-17H2,1H3. The smallest absolute Gasteiger partial charge is 0.336 e. The van der Waals surface area contributed by atoms with Crippen LogP contribution in [0.1, 0.15) is 30.9 Å². The lowest BCUT2D eigenvalue weighted by atomic mass is 9.99. The lowest BCUT2D eigenvalue weighted by molar-refractivity contribution is 0.289. The minimum Gasteiger partial charge on any atom is -0.471 e. The van der Waals surface area contributed by atoms with E-state index >= 15 is 0 Å². The van der Waals surface area contributed by atoms with Gasteiger partial charge in [-0.3, -0.25) is 0 Å². The molecule has 2 heterocycles. The second kappa shape index (κ2) is 8.71. The fraction of sp³-hybridized carbons (Fsp3) is 0.222. The van der Waals surface area contributed by atoms with E-state index in [2.05, 4.69) is 36.1 Å². The highest BCUT2D eigenvalue weighted by molar-refractivity contribution is 6.33. The highest BCUT2D eigenvalue weighted by Gasteiger charge is 2.26. The van der Waals surface area contributed by atoms with E-state index in [4.69, 9.17) is 20.8 Å². The molecule has 0 unspecified atom stereocenters. The van der Waals surface area contributed by atoms with Crippen LogP contribution in [0.25, 0.3) is 22.1 Å². The number of benzene rings is 3. The number of nitrogens with zero attached hydrogens (tertiary/aromatic N) is 1. The monoisotopic (exact) mass is 445 g/mol. The quantitative estimate of drug-likeness (QED) is 0.316. The van der Waals surface area contributed by atoms with Gasteiger partial charge in [0, 0.05) is 17.1 Å². The van der Waals surface area contributed by atoms with E-state index in [-0.39, 0.29) is 0 Å². The summed E-state index contributed by atoms with van der Waals surface area (Å²) in [6.45, 7) is 3.13. The molecule has 0 bridgehead atoms. The van der Waals surface area contributed by atoms with Gasteiger partial charge in [-0.1, -0.05) is 67.4 Å². The van der Waals surface area contributed by atoms with Gasteiger partial charge in [-0.15, -0.1) is 0 Å². The van der Waals surface area contributed by atoms with Crippen LogP contribution in [0, 0.1) is 0 Å². The number of ether oxygens (including phenoxy) is 1. The van der Waals surface area contributed by atoms with Crippen molar-refractivity contribution in [3.05, 3.63) is 93.3 Å². The third-order valence-corrected chi connectivity index (χ3v) is 6.24. The van der Waals surface area contributed by atoms with Gasteiger partial charge in [0.1, 0.15) is 11.3 Å². The fourth-order valence-corrected chi connectivity index (χ4v) is 4.54. The Morgan fingerprint density at radius 3 is 2.56 bits per heavy atom. The summed E-state index contributed by atoms with van der Waals surface area (Å²) < 4.78 is 11.7. The Labute approximate surface area is 192 Å². The normalized spacial score (nSPS) is 13.1. The molecule has 0 saturated heterocycles. The van der Waals surface area contributed by atoms with E-state index in [0.717, 1.165) is 34.2 Å². The van der Waals surface area contributed by atoms with Gasteiger partial charge in [0.25, 0.3) is 0 Å². The molecular formula is C27H24ClNO3. The molecule has 0 fully saturated rings. The van der Waals surface area contributed by atoms with Gasteiger partial charge in [0.15, 0.2) is 6.73 Å². The Morgan fingerprint density at radius 1 is 1.03 bits per heavy atom. The first kappa shape index (κ1) is 20.7. The largest absolute Gasteiger partial charge is 0.471 e. The van der Waals surface area contributed by atoms with Crippen molar-refractivity contribution in [3.8, 4) is 16.9 Å². The van der Waals surface area contributed by atoms with Crippen molar-refractivity contribution in [1.29, 1.82) is 0 Å². The molecule has 0 amide bonds. The summed E-state index contributed by atoms with van der Waals surface area (Å²) in [5.74, 6) is 0.586. The van der Waals surface area contributed by atoms with Crippen LogP contribution in [0.15, 0.2) is 75.9 Å². The first-order chi connectivity index (χ1) is 15.6. The Bertz CT molecular complexity index is 1310. The van der Waals surface area contributed by atoms with Gasteiger partial charge in [0.2, 0.25) is 0 Å². The number of fused-ring (bicyclic) bond motifs is 3. The highest BCUT2D eigenvalue weighted by Crippen LogP contribution is 2.42. The molecule has 1 aliphatic heterocycles. The molecule has 4 aromatic rings. The molecular weight excluding hydrogens is 422 g/mol. The minimum absolute atomic E-state index is 0.384. The number of aryl methyl sites for hydroxylation is 1. The third kappa shape index (κ3) is 3.87. The summed E-state index contributed by atoms with van der Waals surface area (Å²) in [6.07, 6.45) is 3.46. The van der Waals surface area contributed by atoms with Crippen LogP contribution in [0.3, 0.4) is 0 Å². The van der Waals surface area contributed by atoms with E-state index in [0.29, 0.717) is 29.6 Å². The lowest BCUT2D eigenvalue weighted by Gasteiger charge is -2.31. The maximum atomic E-state index is 12.5. The van der Waals surface area contributed by atoms with Crippen molar-refractivity contribution in [3.63, 3.8) is 0 Å². The maximum Gasteiger partial charge on any atom is 0.336 e. The van der Waals surface area contributed by atoms with Crippen LogP contribution < -0.4 is 15.3 Å². The summed E-state index contributed by atoms with van der Waals surface area (Å²) in [5, 5.41) is 1.33. The number of anilines is 1. The Morgan fingerprint density at radius 2 is 1.81 bits per heavy atom. The minimum atomic E-state index is -0.390. The van der Waals surface area contributed by atoms with Gasteiger partial charge in [-0.05, 0) is 47.7 Å². The van der Waals surface area contributed by atoms with Crippen molar-refractivity contribution in [2.24, 2.45) is 0 Å². The molecule has 0 saturated carbocycles. The van der Waals surface area contributed by atoms with Gasteiger partial charge in [-0.2, -0.15) is 0 Å². The molecule has 5 heteroatoms. The van der Waals surface area contributed by atoms with Gasteiger partial charge < -0.3 is 14.1 Å². The molecule has 0 atom stereocenters. The van der Waals surface area contributed by atoms with E-state index in [1.807, 2.05) is 36.4 Å². The molecule has 4 nitrogen and oxygen atoms in total. The third-order valence-electron chi connectivity index (χ3n) is 5.95.